The second-order valence-electron chi connectivity index (χ2n) is 4.79. The summed E-state index contributed by atoms with van der Waals surface area (Å²) in [7, 11) is 0. The van der Waals surface area contributed by atoms with Crippen LogP contribution in [0.15, 0.2) is 42.7 Å². The van der Waals surface area contributed by atoms with Gasteiger partial charge in [0.1, 0.15) is 19.0 Å². The van der Waals surface area contributed by atoms with E-state index in [4.69, 9.17) is 14.2 Å². The molecular weight excluding hydrogens is 300 g/mol. The van der Waals surface area contributed by atoms with Crippen LogP contribution in [0.4, 0.5) is 0 Å². The lowest BCUT2D eigenvalue weighted by Crippen LogP contribution is -2.29. The van der Waals surface area contributed by atoms with Crippen molar-refractivity contribution in [2.45, 2.75) is 20.0 Å². The Balaban J connectivity index is 1.91. The highest BCUT2D eigenvalue weighted by Gasteiger charge is 2.15. The van der Waals surface area contributed by atoms with E-state index in [1.807, 2.05) is 24.4 Å². The van der Waals surface area contributed by atoms with Crippen LogP contribution in [0, 0.1) is 0 Å². The van der Waals surface area contributed by atoms with Gasteiger partial charge in [0, 0.05) is 26.2 Å². The molecule has 1 heterocycles. The van der Waals surface area contributed by atoms with Gasteiger partial charge < -0.3 is 14.2 Å². The van der Waals surface area contributed by atoms with Crippen molar-refractivity contribution in [1.82, 2.24) is 9.78 Å². The van der Waals surface area contributed by atoms with Gasteiger partial charge in [0.05, 0.1) is 5.69 Å². The fourth-order valence-corrected chi connectivity index (χ4v) is 1.87. The number of nitrogens with zero attached hydrogens (tertiary/aromatic N) is 2. The third-order valence-electron chi connectivity index (χ3n) is 2.85. The summed E-state index contributed by atoms with van der Waals surface area (Å²) in [5.41, 5.74) is 0.902. The van der Waals surface area contributed by atoms with Crippen LogP contribution >= 0.6 is 0 Å². The Morgan fingerprint density at radius 2 is 1.87 bits per heavy atom. The highest BCUT2D eigenvalue weighted by atomic mass is 16.6. The van der Waals surface area contributed by atoms with Gasteiger partial charge in [-0.1, -0.05) is 0 Å². The van der Waals surface area contributed by atoms with E-state index in [1.54, 1.807) is 23.0 Å². The van der Waals surface area contributed by atoms with Gasteiger partial charge in [-0.25, -0.2) is 4.68 Å². The molecule has 122 valence electrons. The molecule has 7 nitrogen and oxygen atoms in total. The van der Waals surface area contributed by atoms with Crippen LogP contribution in [-0.2, 0) is 19.1 Å². The minimum atomic E-state index is -0.651. The fourth-order valence-electron chi connectivity index (χ4n) is 1.87. The molecule has 1 aromatic heterocycles. The molecule has 0 aliphatic rings. The molecule has 0 unspecified atom stereocenters. The highest BCUT2D eigenvalue weighted by Crippen LogP contribution is 2.15. The van der Waals surface area contributed by atoms with E-state index in [0.29, 0.717) is 5.75 Å². The maximum atomic E-state index is 11.1. The van der Waals surface area contributed by atoms with E-state index in [2.05, 4.69) is 5.10 Å². The molecule has 0 bridgehead atoms. The molecule has 0 spiro atoms. The van der Waals surface area contributed by atoms with Gasteiger partial charge >= 0.3 is 11.9 Å². The zero-order valence-corrected chi connectivity index (χ0v) is 13.0. The van der Waals surface area contributed by atoms with Gasteiger partial charge in [-0.05, 0) is 30.3 Å². The molecule has 0 aliphatic carbocycles. The van der Waals surface area contributed by atoms with Crippen molar-refractivity contribution in [3.8, 4) is 11.4 Å². The smallest absolute Gasteiger partial charge is 0.303 e. The predicted molar refractivity (Wildman–Crippen MR) is 81.2 cm³/mol. The minimum Gasteiger partial charge on any atom is -0.490 e. The Bertz CT molecular complexity index is 637. The number of carbonyl (C=O) groups is 2. The molecule has 0 fully saturated rings. The summed E-state index contributed by atoms with van der Waals surface area (Å²) in [5.74, 6) is -0.286. The zero-order valence-electron chi connectivity index (χ0n) is 13.0. The van der Waals surface area contributed by atoms with Crippen LogP contribution in [0.2, 0.25) is 0 Å². The number of aromatic nitrogens is 2. The van der Waals surface area contributed by atoms with E-state index in [1.165, 1.54) is 13.8 Å². The van der Waals surface area contributed by atoms with E-state index in [-0.39, 0.29) is 13.2 Å². The Morgan fingerprint density at radius 3 is 2.43 bits per heavy atom. The first-order chi connectivity index (χ1) is 11.0. The normalized spacial score (nSPS) is 11.6. The third-order valence-corrected chi connectivity index (χ3v) is 2.85. The lowest BCUT2D eigenvalue weighted by Gasteiger charge is -2.17. The van der Waals surface area contributed by atoms with Crippen molar-refractivity contribution in [3.05, 3.63) is 42.7 Å². The van der Waals surface area contributed by atoms with Crippen LogP contribution in [0.5, 0.6) is 5.75 Å². The van der Waals surface area contributed by atoms with E-state index in [9.17, 15) is 9.59 Å². The minimum absolute atomic E-state index is 0.0414. The summed E-state index contributed by atoms with van der Waals surface area (Å²) in [6, 6.07) is 9.12. The van der Waals surface area contributed by atoms with Crippen LogP contribution in [0.25, 0.3) is 5.69 Å². The van der Waals surface area contributed by atoms with Crippen molar-refractivity contribution in [3.63, 3.8) is 0 Å². The number of benzene rings is 1. The third kappa shape index (κ3) is 5.46. The summed E-state index contributed by atoms with van der Waals surface area (Å²) in [5, 5.41) is 4.13. The molecule has 7 heteroatoms. The summed E-state index contributed by atoms with van der Waals surface area (Å²) >= 11 is 0. The molecule has 0 saturated heterocycles. The summed E-state index contributed by atoms with van der Waals surface area (Å²) in [6.45, 7) is 2.63. The van der Waals surface area contributed by atoms with E-state index < -0.39 is 18.0 Å². The molecular formula is C16H18N2O5. The average Bonchev–Trinajstić information content (AvgIpc) is 3.04. The van der Waals surface area contributed by atoms with Gasteiger partial charge in [0.2, 0.25) is 0 Å². The zero-order chi connectivity index (χ0) is 16.7. The number of hydrogen-bond donors (Lipinski definition) is 0. The maximum Gasteiger partial charge on any atom is 0.303 e. The molecule has 1 aromatic carbocycles. The molecule has 2 aromatic rings. The molecule has 0 amide bonds. The first-order valence-corrected chi connectivity index (χ1v) is 7.08. The predicted octanol–water partition coefficient (Wildman–Crippen LogP) is 1.75. The van der Waals surface area contributed by atoms with Gasteiger partial charge in [-0.3, -0.25) is 9.59 Å². The molecule has 1 atom stereocenters. The average molecular weight is 318 g/mol. The summed E-state index contributed by atoms with van der Waals surface area (Å²) in [4.78, 5) is 21.9. The highest BCUT2D eigenvalue weighted by molar-refractivity contribution is 5.67. The van der Waals surface area contributed by atoms with Gasteiger partial charge in [-0.2, -0.15) is 5.10 Å². The van der Waals surface area contributed by atoms with Crippen LogP contribution in [0.3, 0.4) is 0 Å². The lowest BCUT2D eigenvalue weighted by molar-refractivity contribution is -0.158. The number of carbonyl (C=O) groups excluding carboxylic acids is 2. The summed E-state index contributed by atoms with van der Waals surface area (Å²) in [6.07, 6.45) is 2.89. The van der Waals surface area contributed by atoms with Crippen molar-refractivity contribution in [1.29, 1.82) is 0 Å². The standard InChI is InChI=1S/C16H18N2O5/c1-12(19)21-10-16(23-13(2)20)11-22-15-6-4-14(5-7-15)18-9-3-8-17-18/h3-9,16H,10-11H2,1-2H3/t16-/m1/s1. The molecule has 2 rings (SSSR count). The van der Waals surface area contributed by atoms with Crippen molar-refractivity contribution in [2.24, 2.45) is 0 Å². The lowest BCUT2D eigenvalue weighted by atomic mass is 10.3. The van der Waals surface area contributed by atoms with Crippen LogP contribution < -0.4 is 4.74 Å². The fraction of sp³-hybridized carbons (Fsp3) is 0.312. The van der Waals surface area contributed by atoms with E-state index in [0.717, 1.165) is 5.69 Å². The van der Waals surface area contributed by atoms with E-state index >= 15 is 0 Å². The van der Waals surface area contributed by atoms with Crippen molar-refractivity contribution < 1.29 is 23.8 Å². The second kappa shape index (κ2) is 7.98. The Morgan fingerprint density at radius 1 is 1.13 bits per heavy atom. The number of esters is 2. The number of ether oxygens (including phenoxy) is 3. The Kier molecular flexibility index (Phi) is 5.74. The first kappa shape index (κ1) is 16.5. The van der Waals surface area contributed by atoms with Crippen molar-refractivity contribution in [2.75, 3.05) is 13.2 Å². The summed E-state index contributed by atoms with van der Waals surface area (Å²) < 4.78 is 17.2. The SMILES string of the molecule is CC(=O)OC[C@H](COc1ccc(-n2cccn2)cc1)OC(C)=O. The Hall–Kier alpha value is -2.83. The molecule has 0 N–H and O–H groups in total. The Labute approximate surface area is 133 Å². The number of rotatable bonds is 7. The monoisotopic (exact) mass is 318 g/mol. The van der Waals surface area contributed by atoms with Gasteiger partial charge in [0.25, 0.3) is 0 Å². The molecule has 23 heavy (non-hydrogen) atoms. The number of hydrogen-bond acceptors (Lipinski definition) is 6. The largest absolute Gasteiger partial charge is 0.490 e. The van der Waals surface area contributed by atoms with Gasteiger partial charge in [-0.15, -0.1) is 0 Å². The van der Waals surface area contributed by atoms with Crippen LogP contribution in [0.1, 0.15) is 13.8 Å². The maximum absolute atomic E-state index is 11.1. The molecule has 0 radical (unpaired) electrons. The quantitative estimate of drug-likeness (QED) is 0.724. The van der Waals surface area contributed by atoms with Crippen molar-refractivity contribution >= 4 is 11.9 Å². The first-order valence-electron chi connectivity index (χ1n) is 7.08. The second-order valence-corrected chi connectivity index (χ2v) is 4.79. The van der Waals surface area contributed by atoms with Crippen LogP contribution in [-0.4, -0.2) is 41.0 Å². The van der Waals surface area contributed by atoms with Gasteiger partial charge in [0.15, 0.2) is 6.10 Å². The molecule has 0 saturated carbocycles. The molecule has 0 aliphatic heterocycles. The topological polar surface area (TPSA) is 79.7 Å².